The minimum atomic E-state index is -0.0588. The fraction of sp³-hybridized carbons (Fsp3) is 0.389. The van der Waals surface area contributed by atoms with E-state index in [9.17, 15) is 5.26 Å². The first-order chi connectivity index (χ1) is 10.0. The van der Waals surface area contributed by atoms with Gasteiger partial charge < -0.3 is 5.73 Å². The summed E-state index contributed by atoms with van der Waals surface area (Å²) in [6, 6.07) is 10.3. The van der Waals surface area contributed by atoms with Crippen molar-refractivity contribution in [1.29, 1.82) is 5.26 Å². The van der Waals surface area contributed by atoms with Crippen LogP contribution in [0.15, 0.2) is 48.1 Å². The van der Waals surface area contributed by atoms with Crippen molar-refractivity contribution in [1.82, 2.24) is 0 Å². The summed E-state index contributed by atoms with van der Waals surface area (Å²) >= 11 is 5.93. The summed E-state index contributed by atoms with van der Waals surface area (Å²) in [4.78, 5) is 0. The molecule has 0 bridgehead atoms. The lowest BCUT2D eigenvalue weighted by atomic mass is 9.79. The molecule has 1 aromatic carbocycles. The molecule has 110 valence electrons. The van der Waals surface area contributed by atoms with Gasteiger partial charge in [0.2, 0.25) is 0 Å². The van der Waals surface area contributed by atoms with Crippen LogP contribution in [0, 0.1) is 29.1 Å². The van der Waals surface area contributed by atoms with Gasteiger partial charge in [0, 0.05) is 17.0 Å². The third-order valence-corrected chi connectivity index (χ3v) is 4.36. The fourth-order valence-corrected chi connectivity index (χ4v) is 2.81. The van der Waals surface area contributed by atoms with Crippen molar-refractivity contribution in [3.8, 4) is 6.07 Å². The van der Waals surface area contributed by atoms with Crippen LogP contribution in [0.5, 0.6) is 0 Å². The maximum Gasteiger partial charge on any atom is 0.0709 e. The number of nitriles is 1. The highest BCUT2D eigenvalue weighted by Crippen LogP contribution is 2.29. The summed E-state index contributed by atoms with van der Waals surface area (Å²) in [6.45, 7) is 4.09. The van der Waals surface area contributed by atoms with Crippen LogP contribution >= 0.6 is 11.6 Å². The highest BCUT2D eigenvalue weighted by molar-refractivity contribution is 6.30. The topological polar surface area (TPSA) is 49.8 Å². The van der Waals surface area contributed by atoms with Gasteiger partial charge in [0.15, 0.2) is 0 Å². The molecular formula is C18H21ClN2. The van der Waals surface area contributed by atoms with Crippen molar-refractivity contribution in [3.05, 3.63) is 58.7 Å². The molecule has 21 heavy (non-hydrogen) atoms. The Morgan fingerprint density at radius 1 is 1.33 bits per heavy atom. The zero-order valence-electron chi connectivity index (χ0n) is 12.5. The molecule has 1 aromatic rings. The summed E-state index contributed by atoms with van der Waals surface area (Å²) in [5, 5.41) is 9.99. The molecule has 0 spiro atoms. The quantitative estimate of drug-likeness (QED) is 0.909. The lowest BCUT2D eigenvalue weighted by Crippen LogP contribution is -2.30. The standard InChI is InChI=1S/C18H21ClN2/c1-12-3-6-15(10-16(12)11-20)18(13(2)21)9-14-4-7-17(19)8-5-14/h3-8,10,12-13,16,18H,9,21H2,1-2H3. The molecule has 3 heteroatoms. The number of halogens is 1. The van der Waals surface area contributed by atoms with Gasteiger partial charge in [0.1, 0.15) is 0 Å². The maximum absolute atomic E-state index is 9.25. The van der Waals surface area contributed by atoms with E-state index in [1.54, 1.807) is 0 Å². The Bertz CT molecular complexity index is 578. The number of hydrogen-bond donors (Lipinski definition) is 1. The Kier molecular flexibility index (Phi) is 5.22. The van der Waals surface area contributed by atoms with Gasteiger partial charge in [-0.15, -0.1) is 0 Å². The fourth-order valence-electron chi connectivity index (χ4n) is 2.68. The Balaban J connectivity index is 2.22. The second-order valence-electron chi connectivity index (χ2n) is 5.84. The zero-order valence-corrected chi connectivity index (χ0v) is 13.2. The lowest BCUT2D eigenvalue weighted by molar-refractivity contribution is 0.499. The van der Waals surface area contributed by atoms with Crippen LogP contribution in [-0.4, -0.2) is 6.04 Å². The average Bonchev–Trinajstić information content (AvgIpc) is 2.47. The van der Waals surface area contributed by atoms with E-state index in [1.807, 2.05) is 31.2 Å². The van der Waals surface area contributed by atoms with Crippen molar-refractivity contribution >= 4 is 11.6 Å². The van der Waals surface area contributed by atoms with Crippen LogP contribution in [0.3, 0.4) is 0 Å². The normalized spacial score (nSPS) is 24.0. The lowest BCUT2D eigenvalue weighted by Gasteiger charge is -2.26. The summed E-state index contributed by atoms with van der Waals surface area (Å²) < 4.78 is 0. The van der Waals surface area contributed by atoms with Crippen LogP contribution in [-0.2, 0) is 6.42 Å². The first-order valence-electron chi connectivity index (χ1n) is 7.31. The third-order valence-electron chi connectivity index (χ3n) is 4.11. The Hall–Kier alpha value is -1.56. The predicted molar refractivity (Wildman–Crippen MR) is 87.8 cm³/mol. The second-order valence-corrected chi connectivity index (χ2v) is 6.27. The van der Waals surface area contributed by atoms with Gasteiger partial charge in [0.25, 0.3) is 0 Å². The molecule has 0 saturated carbocycles. The number of nitrogens with two attached hydrogens (primary N) is 1. The van der Waals surface area contributed by atoms with Crippen LogP contribution in [0.25, 0.3) is 0 Å². The van der Waals surface area contributed by atoms with Crippen molar-refractivity contribution in [2.24, 2.45) is 23.5 Å². The number of rotatable bonds is 4. The summed E-state index contributed by atoms with van der Waals surface area (Å²) in [6.07, 6.45) is 7.18. The average molecular weight is 301 g/mol. The van der Waals surface area contributed by atoms with E-state index in [4.69, 9.17) is 17.3 Å². The monoisotopic (exact) mass is 300 g/mol. The van der Waals surface area contributed by atoms with Gasteiger partial charge in [-0.25, -0.2) is 0 Å². The summed E-state index contributed by atoms with van der Waals surface area (Å²) in [5.41, 5.74) is 8.57. The minimum Gasteiger partial charge on any atom is -0.327 e. The largest absolute Gasteiger partial charge is 0.327 e. The first kappa shape index (κ1) is 15.8. The van der Waals surface area contributed by atoms with Crippen LogP contribution in [0.2, 0.25) is 5.02 Å². The predicted octanol–water partition coefficient (Wildman–Crippen LogP) is 4.12. The molecule has 0 saturated heterocycles. The number of allylic oxidation sites excluding steroid dienone is 3. The van der Waals surface area contributed by atoms with Crippen molar-refractivity contribution in [2.75, 3.05) is 0 Å². The molecule has 4 unspecified atom stereocenters. The van der Waals surface area contributed by atoms with Gasteiger partial charge >= 0.3 is 0 Å². The number of nitrogens with zero attached hydrogens (tertiary/aromatic N) is 1. The summed E-state index contributed by atoms with van der Waals surface area (Å²) in [7, 11) is 0. The molecule has 0 amide bonds. The molecule has 0 heterocycles. The van der Waals surface area contributed by atoms with Crippen molar-refractivity contribution in [3.63, 3.8) is 0 Å². The van der Waals surface area contributed by atoms with Crippen LogP contribution in [0.4, 0.5) is 0 Å². The molecule has 0 aromatic heterocycles. The van der Waals surface area contributed by atoms with Crippen LogP contribution in [0.1, 0.15) is 19.4 Å². The van der Waals surface area contributed by atoms with E-state index in [2.05, 4.69) is 31.2 Å². The van der Waals surface area contributed by atoms with Gasteiger partial charge in [0.05, 0.1) is 12.0 Å². The van der Waals surface area contributed by atoms with E-state index in [-0.39, 0.29) is 23.8 Å². The molecule has 2 rings (SSSR count). The zero-order chi connectivity index (χ0) is 15.4. The van der Waals surface area contributed by atoms with E-state index in [1.165, 1.54) is 11.1 Å². The van der Waals surface area contributed by atoms with E-state index >= 15 is 0 Å². The van der Waals surface area contributed by atoms with Crippen LogP contribution < -0.4 is 5.73 Å². The minimum absolute atomic E-state index is 0.0318. The molecule has 2 N–H and O–H groups in total. The third kappa shape index (κ3) is 3.97. The Morgan fingerprint density at radius 3 is 2.57 bits per heavy atom. The van der Waals surface area contributed by atoms with Gasteiger partial charge in [-0.05, 0) is 42.5 Å². The molecule has 0 aliphatic heterocycles. The van der Waals surface area contributed by atoms with E-state index in [0.717, 1.165) is 11.4 Å². The molecule has 0 radical (unpaired) electrons. The molecule has 2 nitrogen and oxygen atoms in total. The number of hydrogen-bond acceptors (Lipinski definition) is 2. The Labute approximate surface area is 131 Å². The van der Waals surface area contributed by atoms with Gasteiger partial charge in [-0.2, -0.15) is 5.26 Å². The number of benzene rings is 1. The van der Waals surface area contributed by atoms with Gasteiger partial charge in [-0.1, -0.05) is 48.9 Å². The molecule has 1 aliphatic rings. The molecule has 1 aliphatic carbocycles. The molecule has 4 atom stereocenters. The second kappa shape index (κ2) is 6.93. The van der Waals surface area contributed by atoms with E-state index < -0.39 is 0 Å². The summed E-state index contributed by atoms with van der Waals surface area (Å²) in [5.74, 6) is 0.422. The maximum atomic E-state index is 9.25. The highest BCUT2D eigenvalue weighted by atomic mass is 35.5. The molecule has 0 fully saturated rings. The first-order valence-corrected chi connectivity index (χ1v) is 7.68. The SMILES string of the molecule is CC(N)C(Cc1ccc(Cl)cc1)C1=CC(C#N)C(C)C=C1. The van der Waals surface area contributed by atoms with Gasteiger partial charge in [-0.3, -0.25) is 0 Å². The highest BCUT2D eigenvalue weighted by Gasteiger charge is 2.23. The van der Waals surface area contributed by atoms with Crippen molar-refractivity contribution < 1.29 is 0 Å². The smallest absolute Gasteiger partial charge is 0.0709 e. The molecular weight excluding hydrogens is 280 g/mol. The Morgan fingerprint density at radius 2 is 2.00 bits per heavy atom. The van der Waals surface area contributed by atoms with E-state index in [0.29, 0.717) is 0 Å². The van der Waals surface area contributed by atoms with Crippen molar-refractivity contribution in [2.45, 2.75) is 26.3 Å².